The predicted octanol–water partition coefficient (Wildman–Crippen LogP) is 2.11. The van der Waals surface area contributed by atoms with Gasteiger partial charge in [0.25, 0.3) is 0 Å². The van der Waals surface area contributed by atoms with Crippen LogP contribution in [0.3, 0.4) is 0 Å². The summed E-state index contributed by atoms with van der Waals surface area (Å²) in [6.07, 6.45) is 0. The van der Waals surface area contributed by atoms with Crippen LogP contribution in [-0.4, -0.2) is 49.0 Å². The first kappa shape index (κ1) is 13.9. The van der Waals surface area contributed by atoms with Crippen molar-refractivity contribution in [2.75, 3.05) is 33.3 Å². The lowest BCUT2D eigenvalue weighted by Crippen LogP contribution is -2.47. The molecule has 2 aromatic rings. The fourth-order valence-electron chi connectivity index (χ4n) is 2.72. The van der Waals surface area contributed by atoms with E-state index in [0.29, 0.717) is 0 Å². The van der Waals surface area contributed by atoms with Gasteiger partial charge in [-0.2, -0.15) is 0 Å². The van der Waals surface area contributed by atoms with Crippen LogP contribution in [0.4, 0.5) is 0 Å². The normalized spacial score (nSPS) is 16.4. The van der Waals surface area contributed by atoms with Crippen molar-refractivity contribution in [1.82, 2.24) is 9.80 Å². The zero-order chi connectivity index (χ0) is 14.8. The Bertz CT molecular complexity index is 642. The molecule has 5 nitrogen and oxygen atoms in total. The topological polar surface area (TPSA) is 45.9 Å². The number of piperazine rings is 1. The molecule has 0 saturated carbocycles. The highest BCUT2D eigenvalue weighted by atomic mass is 16.5. The first-order valence-electron chi connectivity index (χ1n) is 7.20. The molecule has 5 heteroatoms. The average Bonchev–Trinajstić information content (AvgIpc) is 2.88. The van der Waals surface area contributed by atoms with Crippen LogP contribution in [0.2, 0.25) is 0 Å². The van der Waals surface area contributed by atoms with Crippen LogP contribution in [0.25, 0.3) is 11.0 Å². The second-order valence-corrected chi connectivity index (χ2v) is 5.40. The lowest BCUT2D eigenvalue weighted by molar-refractivity contribution is -0.130. The Morgan fingerprint density at radius 3 is 2.67 bits per heavy atom. The van der Waals surface area contributed by atoms with Gasteiger partial charge >= 0.3 is 0 Å². The number of nitrogens with zero attached hydrogens (tertiary/aromatic N) is 2. The summed E-state index contributed by atoms with van der Waals surface area (Å²) in [7, 11) is 1.66. The van der Waals surface area contributed by atoms with E-state index in [1.54, 1.807) is 14.0 Å². The summed E-state index contributed by atoms with van der Waals surface area (Å²) < 4.78 is 11.1. The lowest BCUT2D eigenvalue weighted by atomic mass is 10.2. The summed E-state index contributed by atoms with van der Waals surface area (Å²) in [6.45, 7) is 5.78. The van der Waals surface area contributed by atoms with E-state index in [4.69, 9.17) is 9.15 Å². The van der Waals surface area contributed by atoms with Crippen molar-refractivity contribution in [1.29, 1.82) is 0 Å². The molecule has 1 aromatic carbocycles. The molecule has 1 aliphatic heterocycles. The Labute approximate surface area is 124 Å². The van der Waals surface area contributed by atoms with Crippen molar-refractivity contribution >= 4 is 16.9 Å². The van der Waals surface area contributed by atoms with E-state index in [2.05, 4.69) is 11.0 Å². The molecule has 1 fully saturated rings. The number of carbonyl (C=O) groups excluding carboxylic acids is 1. The molecule has 0 unspecified atom stereocenters. The molecule has 3 rings (SSSR count). The van der Waals surface area contributed by atoms with Gasteiger partial charge in [0.1, 0.15) is 17.1 Å². The molecule has 0 bridgehead atoms. The highest BCUT2D eigenvalue weighted by Gasteiger charge is 2.19. The Balaban J connectivity index is 1.67. The van der Waals surface area contributed by atoms with E-state index in [9.17, 15) is 4.79 Å². The van der Waals surface area contributed by atoms with Gasteiger partial charge < -0.3 is 14.1 Å². The number of methoxy groups -OCH3 is 1. The maximum absolute atomic E-state index is 11.3. The minimum absolute atomic E-state index is 0.158. The summed E-state index contributed by atoms with van der Waals surface area (Å²) in [5, 5.41) is 1.06. The van der Waals surface area contributed by atoms with Gasteiger partial charge in [-0.3, -0.25) is 9.69 Å². The molecule has 1 aliphatic rings. The zero-order valence-corrected chi connectivity index (χ0v) is 12.5. The van der Waals surface area contributed by atoms with Crippen molar-refractivity contribution in [3.05, 3.63) is 30.0 Å². The predicted molar refractivity (Wildman–Crippen MR) is 80.3 cm³/mol. The van der Waals surface area contributed by atoms with Gasteiger partial charge in [-0.25, -0.2) is 0 Å². The van der Waals surface area contributed by atoms with Crippen LogP contribution in [0.1, 0.15) is 12.7 Å². The number of furan rings is 1. The third-order valence-electron chi connectivity index (χ3n) is 3.97. The molecule has 112 valence electrons. The van der Waals surface area contributed by atoms with Crippen molar-refractivity contribution in [3.8, 4) is 5.75 Å². The number of hydrogen-bond acceptors (Lipinski definition) is 4. The molecule has 0 N–H and O–H groups in total. The second-order valence-electron chi connectivity index (χ2n) is 5.40. The number of hydrogen-bond donors (Lipinski definition) is 0. The van der Waals surface area contributed by atoms with E-state index < -0.39 is 0 Å². The quantitative estimate of drug-likeness (QED) is 0.868. The third kappa shape index (κ3) is 3.03. The van der Waals surface area contributed by atoms with E-state index >= 15 is 0 Å². The summed E-state index contributed by atoms with van der Waals surface area (Å²) in [4.78, 5) is 15.5. The van der Waals surface area contributed by atoms with Gasteiger partial charge in [0.05, 0.1) is 13.7 Å². The fraction of sp³-hybridized carbons (Fsp3) is 0.438. The van der Waals surface area contributed by atoms with Gasteiger partial charge in [0.15, 0.2) is 0 Å². The smallest absolute Gasteiger partial charge is 0.219 e. The number of benzene rings is 1. The molecule has 2 heterocycles. The molecular formula is C16H20N2O3. The number of ether oxygens (including phenoxy) is 1. The van der Waals surface area contributed by atoms with Crippen LogP contribution in [-0.2, 0) is 11.3 Å². The maximum atomic E-state index is 11.3. The first-order valence-corrected chi connectivity index (χ1v) is 7.20. The number of amides is 1. The standard InChI is InChI=1S/C16H20N2O3/c1-12(19)18-7-5-17(6-8-18)11-15-10-13-9-14(20-2)3-4-16(13)21-15/h3-4,9-10H,5-8,11H2,1-2H3. The fourth-order valence-corrected chi connectivity index (χ4v) is 2.72. The minimum Gasteiger partial charge on any atom is -0.497 e. The summed E-state index contributed by atoms with van der Waals surface area (Å²) >= 11 is 0. The monoisotopic (exact) mass is 288 g/mol. The molecule has 1 aromatic heterocycles. The van der Waals surface area contributed by atoms with Crippen LogP contribution in [0.5, 0.6) is 5.75 Å². The van der Waals surface area contributed by atoms with Gasteiger partial charge in [-0.15, -0.1) is 0 Å². The van der Waals surface area contributed by atoms with Crippen LogP contribution in [0, 0.1) is 0 Å². The van der Waals surface area contributed by atoms with Crippen LogP contribution >= 0.6 is 0 Å². The first-order chi connectivity index (χ1) is 10.2. The minimum atomic E-state index is 0.158. The second kappa shape index (κ2) is 5.77. The largest absolute Gasteiger partial charge is 0.497 e. The molecule has 1 saturated heterocycles. The average molecular weight is 288 g/mol. The molecular weight excluding hydrogens is 268 g/mol. The third-order valence-corrected chi connectivity index (χ3v) is 3.97. The van der Waals surface area contributed by atoms with Gasteiger partial charge in [-0.05, 0) is 24.3 Å². The molecule has 0 spiro atoms. The SMILES string of the molecule is COc1ccc2oc(CN3CCN(C(C)=O)CC3)cc2c1. The number of carbonyl (C=O) groups is 1. The van der Waals surface area contributed by atoms with E-state index in [0.717, 1.165) is 55.2 Å². The summed E-state index contributed by atoms with van der Waals surface area (Å²) in [5.74, 6) is 1.95. The van der Waals surface area contributed by atoms with Crippen LogP contribution in [0.15, 0.2) is 28.7 Å². The van der Waals surface area contributed by atoms with E-state index in [1.165, 1.54) is 0 Å². The molecule has 0 atom stereocenters. The summed E-state index contributed by atoms with van der Waals surface area (Å²) in [5.41, 5.74) is 0.883. The van der Waals surface area contributed by atoms with Crippen molar-refractivity contribution in [2.45, 2.75) is 13.5 Å². The van der Waals surface area contributed by atoms with Gasteiger partial charge in [-0.1, -0.05) is 0 Å². The Morgan fingerprint density at radius 1 is 1.24 bits per heavy atom. The Morgan fingerprint density at radius 2 is 2.00 bits per heavy atom. The molecule has 21 heavy (non-hydrogen) atoms. The van der Waals surface area contributed by atoms with Gasteiger partial charge in [0, 0.05) is 38.5 Å². The zero-order valence-electron chi connectivity index (χ0n) is 12.5. The lowest BCUT2D eigenvalue weighted by Gasteiger charge is -2.33. The Hall–Kier alpha value is -2.01. The maximum Gasteiger partial charge on any atom is 0.219 e. The number of fused-ring (bicyclic) bond motifs is 1. The van der Waals surface area contributed by atoms with Crippen molar-refractivity contribution in [3.63, 3.8) is 0 Å². The van der Waals surface area contributed by atoms with Gasteiger partial charge in [0.2, 0.25) is 5.91 Å². The van der Waals surface area contributed by atoms with E-state index in [1.807, 2.05) is 23.1 Å². The van der Waals surface area contributed by atoms with Crippen molar-refractivity contribution in [2.24, 2.45) is 0 Å². The number of rotatable bonds is 3. The molecule has 1 amide bonds. The summed E-state index contributed by atoms with van der Waals surface area (Å²) in [6, 6.07) is 7.89. The highest BCUT2D eigenvalue weighted by molar-refractivity contribution is 5.79. The molecule has 0 radical (unpaired) electrons. The Kier molecular flexibility index (Phi) is 3.84. The van der Waals surface area contributed by atoms with Crippen LogP contribution < -0.4 is 4.74 Å². The van der Waals surface area contributed by atoms with Crippen molar-refractivity contribution < 1.29 is 13.9 Å². The highest BCUT2D eigenvalue weighted by Crippen LogP contribution is 2.25. The van der Waals surface area contributed by atoms with E-state index in [-0.39, 0.29) is 5.91 Å². The molecule has 0 aliphatic carbocycles.